The highest BCUT2D eigenvalue weighted by Gasteiger charge is 2.08. The van der Waals surface area contributed by atoms with Gasteiger partial charge in [-0.15, -0.1) is 0 Å². The van der Waals surface area contributed by atoms with Crippen molar-refractivity contribution in [1.82, 2.24) is 15.4 Å². The van der Waals surface area contributed by atoms with Gasteiger partial charge in [0.1, 0.15) is 5.69 Å². The molecule has 2 aromatic rings. The average Bonchev–Trinajstić information content (AvgIpc) is 2.85. The van der Waals surface area contributed by atoms with E-state index in [2.05, 4.69) is 53.6 Å². The number of rotatable bonds is 6. The summed E-state index contributed by atoms with van der Waals surface area (Å²) in [4.78, 5) is 2.20. The van der Waals surface area contributed by atoms with Gasteiger partial charge in [-0.3, -0.25) is 4.90 Å². The summed E-state index contributed by atoms with van der Waals surface area (Å²) in [5.74, 6) is 0.897. The third kappa shape index (κ3) is 3.91. The normalized spacial score (nSPS) is 11.2. The predicted octanol–water partition coefficient (Wildman–Crippen LogP) is 2.30. The number of aromatic nitrogens is 1. The summed E-state index contributed by atoms with van der Waals surface area (Å²) in [5, 5.41) is 7.26. The Morgan fingerprint density at radius 3 is 2.68 bits per heavy atom. The molecule has 0 fully saturated rings. The molecule has 4 heteroatoms. The zero-order chi connectivity index (χ0) is 13.7. The maximum absolute atomic E-state index is 5.39. The first kappa shape index (κ1) is 13.8. The topological polar surface area (TPSA) is 41.3 Å². The molecule has 0 saturated heterocycles. The van der Waals surface area contributed by atoms with Crippen molar-refractivity contribution in [3.8, 4) is 11.3 Å². The second-order valence-electron chi connectivity index (χ2n) is 4.89. The molecule has 0 aliphatic carbocycles. The van der Waals surface area contributed by atoms with Crippen molar-refractivity contribution in [2.75, 3.05) is 27.2 Å². The minimum atomic E-state index is 0.778. The third-order valence-corrected chi connectivity index (χ3v) is 3.08. The van der Waals surface area contributed by atoms with Crippen molar-refractivity contribution in [2.45, 2.75) is 13.5 Å². The smallest absolute Gasteiger partial charge is 0.151 e. The van der Waals surface area contributed by atoms with Crippen LogP contribution in [0.25, 0.3) is 11.3 Å². The number of hydrogen-bond acceptors (Lipinski definition) is 4. The van der Waals surface area contributed by atoms with Crippen LogP contribution in [0.3, 0.4) is 0 Å². The van der Waals surface area contributed by atoms with E-state index >= 15 is 0 Å². The van der Waals surface area contributed by atoms with E-state index in [0.29, 0.717) is 0 Å². The summed E-state index contributed by atoms with van der Waals surface area (Å²) in [5.41, 5.74) is 3.25. The van der Waals surface area contributed by atoms with Crippen molar-refractivity contribution >= 4 is 0 Å². The van der Waals surface area contributed by atoms with E-state index < -0.39 is 0 Å². The Balaban J connectivity index is 2.00. The number of aryl methyl sites for hydroxylation is 1. The Hall–Kier alpha value is -1.65. The molecule has 0 amide bonds. The fraction of sp³-hybridized carbons (Fsp3) is 0.400. The Morgan fingerprint density at radius 1 is 1.26 bits per heavy atom. The van der Waals surface area contributed by atoms with E-state index in [4.69, 9.17) is 4.52 Å². The predicted molar refractivity (Wildman–Crippen MR) is 76.9 cm³/mol. The molecule has 0 saturated carbocycles. The lowest BCUT2D eigenvalue weighted by Gasteiger charge is -2.13. The summed E-state index contributed by atoms with van der Waals surface area (Å²) in [7, 11) is 4.03. The summed E-state index contributed by atoms with van der Waals surface area (Å²) in [6.07, 6.45) is 0. The van der Waals surface area contributed by atoms with Crippen LogP contribution in [0.1, 0.15) is 11.3 Å². The van der Waals surface area contributed by atoms with Gasteiger partial charge in [-0.25, -0.2) is 0 Å². The Bertz CT molecular complexity index is 504. The molecule has 0 aliphatic heterocycles. The van der Waals surface area contributed by atoms with E-state index in [9.17, 15) is 0 Å². The molecular weight excluding hydrogens is 238 g/mol. The van der Waals surface area contributed by atoms with E-state index in [1.165, 1.54) is 5.56 Å². The highest BCUT2D eigenvalue weighted by atomic mass is 16.5. The lowest BCUT2D eigenvalue weighted by atomic mass is 10.1. The van der Waals surface area contributed by atoms with Gasteiger partial charge < -0.3 is 9.84 Å². The summed E-state index contributed by atoms with van der Waals surface area (Å²) in [6, 6.07) is 10.3. The van der Waals surface area contributed by atoms with Crippen LogP contribution < -0.4 is 5.32 Å². The molecule has 0 radical (unpaired) electrons. The molecule has 0 bridgehead atoms. The molecule has 1 aromatic carbocycles. The first-order chi connectivity index (χ1) is 9.19. The molecular formula is C15H21N3O. The molecule has 0 aliphatic rings. The van der Waals surface area contributed by atoms with Gasteiger partial charge in [0, 0.05) is 24.7 Å². The van der Waals surface area contributed by atoms with Gasteiger partial charge in [0.2, 0.25) is 0 Å². The fourth-order valence-electron chi connectivity index (χ4n) is 1.90. The zero-order valence-electron chi connectivity index (χ0n) is 11.8. The van der Waals surface area contributed by atoms with Gasteiger partial charge in [0.05, 0.1) is 6.54 Å². The second kappa shape index (κ2) is 6.50. The van der Waals surface area contributed by atoms with Gasteiger partial charge >= 0.3 is 0 Å². The van der Waals surface area contributed by atoms with Crippen LogP contribution in [0.15, 0.2) is 34.9 Å². The molecule has 4 nitrogen and oxygen atoms in total. The van der Waals surface area contributed by atoms with Gasteiger partial charge in [-0.2, -0.15) is 0 Å². The zero-order valence-corrected chi connectivity index (χ0v) is 11.8. The molecule has 1 N–H and O–H groups in total. The first-order valence-electron chi connectivity index (χ1n) is 6.55. The Kier molecular flexibility index (Phi) is 4.71. The lowest BCUT2D eigenvalue weighted by molar-refractivity contribution is 0.274. The molecule has 1 aromatic heterocycles. The van der Waals surface area contributed by atoms with Crippen molar-refractivity contribution in [3.63, 3.8) is 0 Å². The van der Waals surface area contributed by atoms with Crippen LogP contribution in [0.2, 0.25) is 0 Å². The average molecular weight is 259 g/mol. The van der Waals surface area contributed by atoms with E-state index in [0.717, 1.165) is 36.7 Å². The number of nitrogens with one attached hydrogen (secondary N) is 1. The molecule has 0 unspecified atom stereocenters. The van der Waals surface area contributed by atoms with Crippen LogP contribution in [-0.4, -0.2) is 37.2 Å². The minimum Gasteiger partial charge on any atom is -0.359 e. The van der Waals surface area contributed by atoms with Crippen LogP contribution in [0, 0.1) is 6.92 Å². The standard InChI is InChI=1S/C15H21N3O/c1-12-4-6-13(7-5-12)15-10-14(19-17-15)11-18(3)9-8-16-2/h4-7,10,16H,8-9,11H2,1-3H3. The molecule has 1 heterocycles. The number of hydrogen-bond donors (Lipinski definition) is 1. The van der Waals surface area contributed by atoms with E-state index in [1.807, 2.05) is 13.1 Å². The molecule has 19 heavy (non-hydrogen) atoms. The fourth-order valence-corrected chi connectivity index (χ4v) is 1.90. The lowest BCUT2D eigenvalue weighted by Crippen LogP contribution is -2.26. The van der Waals surface area contributed by atoms with Gasteiger partial charge in [-0.05, 0) is 21.0 Å². The van der Waals surface area contributed by atoms with Crippen molar-refractivity contribution in [1.29, 1.82) is 0 Å². The van der Waals surface area contributed by atoms with E-state index in [-0.39, 0.29) is 0 Å². The molecule has 0 atom stereocenters. The maximum atomic E-state index is 5.39. The number of nitrogens with zero attached hydrogens (tertiary/aromatic N) is 2. The van der Waals surface area contributed by atoms with Crippen LogP contribution in [0.4, 0.5) is 0 Å². The van der Waals surface area contributed by atoms with Crippen molar-refractivity contribution in [2.24, 2.45) is 0 Å². The monoisotopic (exact) mass is 259 g/mol. The molecule has 0 spiro atoms. The second-order valence-corrected chi connectivity index (χ2v) is 4.89. The van der Waals surface area contributed by atoms with Crippen molar-refractivity contribution in [3.05, 3.63) is 41.7 Å². The summed E-state index contributed by atoms with van der Waals surface area (Å²) < 4.78 is 5.39. The summed E-state index contributed by atoms with van der Waals surface area (Å²) >= 11 is 0. The molecule has 2 rings (SSSR count). The largest absolute Gasteiger partial charge is 0.359 e. The molecule has 102 valence electrons. The third-order valence-electron chi connectivity index (χ3n) is 3.08. The van der Waals surface area contributed by atoms with E-state index in [1.54, 1.807) is 0 Å². The maximum Gasteiger partial charge on any atom is 0.151 e. The number of benzene rings is 1. The van der Waals surface area contributed by atoms with Gasteiger partial charge in [0.25, 0.3) is 0 Å². The quantitative estimate of drug-likeness (QED) is 0.864. The van der Waals surface area contributed by atoms with Crippen LogP contribution in [0.5, 0.6) is 0 Å². The van der Waals surface area contributed by atoms with Gasteiger partial charge in [0.15, 0.2) is 5.76 Å². The highest BCUT2D eigenvalue weighted by Crippen LogP contribution is 2.20. The number of likely N-dealkylation sites (N-methyl/N-ethyl adjacent to an activating group) is 2. The SMILES string of the molecule is CNCCN(C)Cc1cc(-c2ccc(C)cc2)no1. The minimum absolute atomic E-state index is 0.778. The van der Waals surface area contributed by atoms with Crippen molar-refractivity contribution < 1.29 is 4.52 Å². The Morgan fingerprint density at radius 2 is 2.00 bits per heavy atom. The highest BCUT2D eigenvalue weighted by molar-refractivity contribution is 5.59. The van der Waals surface area contributed by atoms with Crippen LogP contribution >= 0.6 is 0 Å². The Labute approximate surface area is 114 Å². The summed E-state index contributed by atoms with van der Waals surface area (Å²) in [6.45, 7) is 4.81. The first-order valence-corrected chi connectivity index (χ1v) is 6.55. The van der Waals surface area contributed by atoms with Gasteiger partial charge in [-0.1, -0.05) is 35.0 Å². The van der Waals surface area contributed by atoms with Crippen LogP contribution in [-0.2, 0) is 6.54 Å².